The number of sulfonamides is 1. The van der Waals surface area contributed by atoms with Gasteiger partial charge in [-0.1, -0.05) is 23.9 Å². The van der Waals surface area contributed by atoms with Gasteiger partial charge in [-0.05, 0) is 37.3 Å². The highest BCUT2D eigenvalue weighted by atomic mass is 32.2. The number of thioether (sulfide) groups is 1. The molecule has 1 N–H and O–H groups in total. The van der Waals surface area contributed by atoms with Gasteiger partial charge in [0.25, 0.3) is 0 Å². The first kappa shape index (κ1) is 23.6. The van der Waals surface area contributed by atoms with Crippen molar-refractivity contribution in [2.24, 2.45) is 0 Å². The molecule has 2 heterocycles. The van der Waals surface area contributed by atoms with E-state index in [1.165, 1.54) is 16.1 Å². The number of hydrogen-bond acceptors (Lipinski definition) is 7. The Bertz CT molecular complexity index is 1250. The summed E-state index contributed by atoms with van der Waals surface area (Å²) in [6.07, 6.45) is 0. The zero-order valence-electron chi connectivity index (χ0n) is 18.5. The predicted octanol–water partition coefficient (Wildman–Crippen LogP) is 2.82. The summed E-state index contributed by atoms with van der Waals surface area (Å²) in [6.45, 7) is 4.09. The number of aryl methyl sites for hydroxylation is 1. The molecule has 0 unspecified atom stereocenters. The number of carbonyl (C=O) groups excluding carboxylic acids is 1. The molecular weight excluding hydrogens is 464 g/mol. The van der Waals surface area contributed by atoms with Gasteiger partial charge in [0.2, 0.25) is 15.9 Å². The molecule has 0 bridgehead atoms. The number of anilines is 1. The average molecular weight is 491 g/mol. The maximum Gasteiger partial charge on any atom is 0.243 e. The molecule has 1 aliphatic rings. The molecule has 176 valence electrons. The molecule has 0 aliphatic carbocycles. The van der Waals surface area contributed by atoms with Crippen LogP contribution in [0.1, 0.15) is 6.92 Å². The highest BCUT2D eigenvalue weighted by molar-refractivity contribution is 7.99. The number of methoxy groups -OCH3 is 1. The topological polar surface area (TPSA) is 103 Å². The van der Waals surface area contributed by atoms with Crippen LogP contribution in [-0.2, 0) is 26.1 Å². The van der Waals surface area contributed by atoms with Crippen molar-refractivity contribution in [3.05, 3.63) is 42.5 Å². The highest BCUT2D eigenvalue weighted by Crippen LogP contribution is 2.28. The molecule has 1 saturated heterocycles. The van der Waals surface area contributed by atoms with E-state index < -0.39 is 10.0 Å². The molecule has 1 aliphatic heterocycles. The first-order chi connectivity index (χ1) is 15.9. The largest absolute Gasteiger partial charge is 0.495 e. The van der Waals surface area contributed by atoms with Crippen LogP contribution in [0.5, 0.6) is 5.75 Å². The second kappa shape index (κ2) is 10.1. The monoisotopic (exact) mass is 490 g/mol. The first-order valence-electron chi connectivity index (χ1n) is 10.6. The van der Waals surface area contributed by atoms with E-state index in [4.69, 9.17) is 9.47 Å². The number of fused-ring (bicyclic) bond motifs is 1. The predicted molar refractivity (Wildman–Crippen MR) is 127 cm³/mol. The van der Waals surface area contributed by atoms with Gasteiger partial charge < -0.3 is 19.4 Å². The number of rotatable bonds is 8. The van der Waals surface area contributed by atoms with Crippen molar-refractivity contribution in [2.75, 3.05) is 44.5 Å². The molecule has 0 saturated carbocycles. The summed E-state index contributed by atoms with van der Waals surface area (Å²) in [4.78, 5) is 17.4. The van der Waals surface area contributed by atoms with Crippen molar-refractivity contribution in [2.45, 2.75) is 23.5 Å². The van der Waals surface area contributed by atoms with Crippen molar-refractivity contribution >= 4 is 44.4 Å². The van der Waals surface area contributed by atoms with Crippen molar-refractivity contribution < 1.29 is 22.7 Å². The van der Waals surface area contributed by atoms with E-state index in [0.717, 1.165) is 5.52 Å². The van der Waals surface area contributed by atoms with Crippen LogP contribution in [0.25, 0.3) is 11.0 Å². The Balaban J connectivity index is 1.52. The lowest BCUT2D eigenvalue weighted by atomic mass is 10.3. The van der Waals surface area contributed by atoms with Crippen LogP contribution < -0.4 is 10.1 Å². The van der Waals surface area contributed by atoms with Gasteiger partial charge in [-0.15, -0.1) is 0 Å². The number of para-hydroxylation sites is 2. The van der Waals surface area contributed by atoms with Gasteiger partial charge in [-0.25, -0.2) is 13.4 Å². The van der Waals surface area contributed by atoms with Crippen LogP contribution in [-0.4, -0.2) is 67.3 Å². The SMILES string of the molecule is CCn1c(SCC(=O)Nc2ccccc2OC)nc2cc(S(=O)(=O)N3CCOCC3)ccc21. The zero-order valence-corrected chi connectivity index (χ0v) is 20.1. The molecule has 1 amide bonds. The molecule has 1 fully saturated rings. The molecule has 9 nitrogen and oxygen atoms in total. The van der Waals surface area contributed by atoms with Gasteiger partial charge in [-0.2, -0.15) is 4.31 Å². The first-order valence-corrected chi connectivity index (χ1v) is 13.0. The Morgan fingerprint density at radius 1 is 1.21 bits per heavy atom. The number of amides is 1. The van der Waals surface area contributed by atoms with E-state index >= 15 is 0 Å². The van der Waals surface area contributed by atoms with E-state index in [9.17, 15) is 13.2 Å². The Labute approximate surface area is 197 Å². The Kier molecular flexibility index (Phi) is 7.23. The minimum absolute atomic E-state index is 0.153. The van der Waals surface area contributed by atoms with E-state index in [1.54, 1.807) is 37.4 Å². The smallest absolute Gasteiger partial charge is 0.243 e. The summed E-state index contributed by atoms with van der Waals surface area (Å²) in [7, 11) is -2.06. The van der Waals surface area contributed by atoms with Gasteiger partial charge in [-0.3, -0.25) is 4.79 Å². The fourth-order valence-electron chi connectivity index (χ4n) is 3.66. The maximum atomic E-state index is 13.0. The molecule has 33 heavy (non-hydrogen) atoms. The minimum atomic E-state index is -3.61. The fraction of sp³-hybridized carbons (Fsp3) is 0.364. The number of benzene rings is 2. The third-order valence-electron chi connectivity index (χ3n) is 5.32. The average Bonchev–Trinajstić information content (AvgIpc) is 3.20. The summed E-state index contributed by atoms with van der Waals surface area (Å²) >= 11 is 1.30. The van der Waals surface area contributed by atoms with Crippen molar-refractivity contribution in [3.63, 3.8) is 0 Å². The molecule has 0 spiro atoms. The van der Waals surface area contributed by atoms with Crippen molar-refractivity contribution in [1.29, 1.82) is 0 Å². The number of aromatic nitrogens is 2. The van der Waals surface area contributed by atoms with Crippen LogP contribution in [0.3, 0.4) is 0 Å². The van der Waals surface area contributed by atoms with Crippen LogP contribution >= 0.6 is 11.8 Å². The fourth-order valence-corrected chi connectivity index (χ4v) is 5.97. The van der Waals surface area contributed by atoms with Gasteiger partial charge >= 0.3 is 0 Å². The van der Waals surface area contributed by atoms with E-state index in [2.05, 4.69) is 10.3 Å². The number of hydrogen-bond donors (Lipinski definition) is 1. The van der Waals surface area contributed by atoms with Gasteiger partial charge in [0.1, 0.15) is 5.75 Å². The van der Waals surface area contributed by atoms with Gasteiger partial charge in [0.05, 0.1) is 47.7 Å². The molecule has 4 rings (SSSR count). The van der Waals surface area contributed by atoms with Gasteiger partial charge in [0.15, 0.2) is 5.16 Å². The summed E-state index contributed by atoms with van der Waals surface area (Å²) in [5, 5.41) is 3.51. The number of morpholine rings is 1. The normalized spacial score (nSPS) is 15.0. The molecule has 1 aromatic heterocycles. The lowest BCUT2D eigenvalue weighted by molar-refractivity contribution is -0.113. The highest BCUT2D eigenvalue weighted by Gasteiger charge is 2.27. The zero-order chi connectivity index (χ0) is 23.4. The number of imidazole rings is 1. The second-order valence-corrected chi connectivity index (χ2v) is 10.2. The number of ether oxygens (including phenoxy) is 2. The Hall–Kier alpha value is -2.60. The molecular formula is C22H26N4O5S2. The molecule has 2 aromatic carbocycles. The van der Waals surface area contributed by atoms with E-state index in [1.807, 2.05) is 23.6 Å². The second-order valence-electron chi connectivity index (χ2n) is 7.34. The van der Waals surface area contributed by atoms with Crippen LogP contribution in [0, 0.1) is 0 Å². The lowest BCUT2D eigenvalue weighted by Crippen LogP contribution is -2.40. The minimum Gasteiger partial charge on any atom is -0.495 e. The quantitative estimate of drug-likeness (QED) is 0.485. The third kappa shape index (κ3) is 5.01. The summed E-state index contributed by atoms with van der Waals surface area (Å²) in [6, 6.07) is 12.2. The summed E-state index contributed by atoms with van der Waals surface area (Å²) < 4.78 is 39.9. The Morgan fingerprint density at radius 2 is 1.97 bits per heavy atom. The summed E-state index contributed by atoms with van der Waals surface area (Å²) in [5.74, 6) is 0.556. The van der Waals surface area contributed by atoms with Crippen molar-refractivity contribution in [1.82, 2.24) is 13.9 Å². The van der Waals surface area contributed by atoms with Crippen LogP contribution in [0.4, 0.5) is 5.69 Å². The van der Waals surface area contributed by atoms with Crippen LogP contribution in [0.2, 0.25) is 0 Å². The number of carbonyl (C=O) groups is 1. The van der Waals surface area contributed by atoms with Crippen LogP contribution in [0.15, 0.2) is 52.5 Å². The molecule has 3 aromatic rings. The number of nitrogens with one attached hydrogen (secondary N) is 1. The summed E-state index contributed by atoms with van der Waals surface area (Å²) in [5.41, 5.74) is 2.01. The molecule has 0 atom stereocenters. The number of nitrogens with zero attached hydrogens (tertiary/aromatic N) is 3. The van der Waals surface area contributed by atoms with Crippen molar-refractivity contribution in [3.8, 4) is 5.75 Å². The Morgan fingerprint density at radius 3 is 2.70 bits per heavy atom. The third-order valence-corrected chi connectivity index (χ3v) is 8.19. The lowest BCUT2D eigenvalue weighted by Gasteiger charge is -2.26. The molecule has 11 heteroatoms. The standard InChI is InChI=1S/C22H26N4O5S2/c1-3-26-19-9-8-16(33(28,29)25-10-12-31-13-11-25)14-18(19)24-22(26)32-15-21(27)23-17-6-4-5-7-20(17)30-2/h4-9,14H,3,10-13,15H2,1-2H3,(H,23,27). The van der Waals surface area contributed by atoms with E-state index in [-0.39, 0.29) is 16.6 Å². The molecule has 0 radical (unpaired) electrons. The van der Waals surface area contributed by atoms with Gasteiger partial charge in [0, 0.05) is 19.6 Å². The maximum absolute atomic E-state index is 13.0. The van der Waals surface area contributed by atoms with E-state index in [0.29, 0.717) is 55.0 Å².